The zero-order chi connectivity index (χ0) is 12.4. The van der Waals surface area contributed by atoms with E-state index >= 15 is 0 Å². The second-order valence-electron chi connectivity index (χ2n) is 5.06. The van der Waals surface area contributed by atoms with Crippen LogP contribution >= 0.6 is 0 Å². The maximum absolute atomic E-state index is 9.28. The molecule has 0 aliphatic heterocycles. The molecule has 1 aromatic carbocycles. The standard InChI is InChI=1S/C16H16N2/c17-11-13-10-16(12-6-2-1-3-7-12)18-15-9-5-4-8-14(13)15/h4-5,8-10,12H,1-3,6-7H2. The monoisotopic (exact) mass is 236 g/mol. The molecular weight excluding hydrogens is 220 g/mol. The van der Waals surface area contributed by atoms with Gasteiger partial charge in [0.1, 0.15) is 0 Å². The second-order valence-corrected chi connectivity index (χ2v) is 5.06. The summed E-state index contributed by atoms with van der Waals surface area (Å²) in [5.41, 5.74) is 2.84. The first kappa shape index (κ1) is 11.2. The molecule has 1 aliphatic carbocycles. The fourth-order valence-corrected chi connectivity index (χ4v) is 2.90. The quantitative estimate of drug-likeness (QED) is 0.745. The van der Waals surface area contributed by atoms with Gasteiger partial charge in [0.05, 0.1) is 17.1 Å². The number of nitrogens with zero attached hydrogens (tertiary/aromatic N) is 2. The van der Waals surface area contributed by atoms with Crippen molar-refractivity contribution < 1.29 is 0 Å². The summed E-state index contributed by atoms with van der Waals surface area (Å²) in [5.74, 6) is 0.551. The van der Waals surface area contributed by atoms with E-state index in [1.54, 1.807) is 0 Å². The average Bonchev–Trinajstić information content (AvgIpc) is 2.47. The molecule has 3 rings (SSSR count). The molecule has 1 fully saturated rings. The van der Waals surface area contributed by atoms with Crippen molar-refractivity contribution in [3.63, 3.8) is 0 Å². The van der Waals surface area contributed by atoms with E-state index in [9.17, 15) is 5.26 Å². The molecule has 0 radical (unpaired) electrons. The zero-order valence-corrected chi connectivity index (χ0v) is 10.4. The molecule has 90 valence electrons. The number of aromatic nitrogens is 1. The summed E-state index contributed by atoms with van der Waals surface area (Å²) in [5, 5.41) is 10.3. The van der Waals surface area contributed by atoms with Crippen molar-refractivity contribution in [2.75, 3.05) is 0 Å². The van der Waals surface area contributed by atoms with E-state index < -0.39 is 0 Å². The SMILES string of the molecule is N#Cc1cc(C2CCCCC2)nc2ccccc12. The fraction of sp³-hybridized carbons (Fsp3) is 0.375. The van der Waals surface area contributed by atoms with E-state index in [2.05, 4.69) is 6.07 Å². The number of hydrogen-bond acceptors (Lipinski definition) is 2. The van der Waals surface area contributed by atoms with Gasteiger partial charge in [0.2, 0.25) is 0 Å². The molecule has 1 heterocycles. The molecule has 0 saturated heterocycles. The topological polar surface area (TPSA) is 36.7 Å². The summed E-state index contributed by atoms with van der Waals surface area (Å²) >= 11 is 0. The second kappa shape index (κ2) is 4.78. The Kier molecular flexibility index (Phi) is 2.98. The van der Waals surface area contributed by atoms with E-state index in [1.807, 2.05) is 30.3 Å². The summed E-state index contributed by atoms with van der Waals surface area (Å²) < 4.78 is 0. The fourth-order valence-electron chi connectivity index (χ4n) is 2.90. The average molecular weight is 236 g/mol. The van der Waals surface area contributed by atoms with Crippen LogP contribution in [0, 0.1) is 11.3 Å². The van der Waals surface area contributed by atoms with Gasteiger partial charge in [-0.1, -0.05) is 37.5 Å². The van der Waals surface area contributed by atoms with Crippen molar-refractivity contribution in [1.82, 2.24) is 4.98 Å². The highest BCUT2D eigenvalue weighted by Gasteiger charge is 2.18. The van der Waals surface area contributed by atoms with Crippen LogP contribution in [-0.2, 0) is 0 Å². The molecule has 18 heavy (non-hydrogen) atoms. The van der Waals surface area contributed by atoms with Crippen molar-refractivity contribution in [2.45, 2.75) is 38.0 Å². The Labute approximate surface area is 107 Å². The molecule has 2 heteroatoms. The first-order chi connectivity index (χ1) is 8.88. The van der Waals surface area contributed by atoms with E-state index in [4.69, 9.17) is 4.98 Å². The van der Waals surface area contributed by atoms with E-state index in [1.165, 1.54) is 32.1 Å². The Balaban J connectivity index is 2.10. The Morgan fingerprint density at radius 3 is 2.67 bits per heavy atom. The van der Waals surface area contributed by atoms with Crippen LogP contribution in [0.3, 0.4) is 0 Å². The molecule has 0 amide bonds. The highest BCUT2D eigenvalue weighted by molar-refractivity contribution is 5.84. The molecule has 0 N–H and O–H groups in total. The third-order valence-corrected chi connectivity index (χ3v) is 3.88. The van der Waals surface area contributed by atoms with Crippen molar-refractivity contribution in [2.24, 2.45) is 0 Å². The van der Waals surface area contributed by atoms with Crippen molar-refractivity contribution in [3.05, 3.63) is 41.6 Å². The van der Waals surface area contributed by atoms with Crippen LogP contribution in [0.15, 0.2) is 30.3 Å². The molecule has 0 atom stereocenters. The summed E-state index contributed by atoms with van der Waals surface area (Å²) in [4.78, 5) is 4.76. The van der Waals surface area contributed by atoms with Gasteiger partial charge in [-0.05, 0) is 25.0 Å². The molecule has 1 aromatic heterocycles. The Morgan fingerprint density at radius 1 is 1.11 bits per heavy atom. The van der Waals surface area contributed by atoms with Gasteiger partial charge in [0, 0.05) is 17.0 Å². The molecule has 0 spiro atoms. The van der Waals surface area contributed by atoms with Crippen molar-refractivity contribution in [3.8, 4) is 6.07 Å². The predicted molar refractivity (Wildman–Crippen MR) is 72.3 cm³/mol. The van der Waals surface area contributed by atoms with Gasteiger partial charge < -0.3 is 0 Å². The lowest BCUT2D eigenvalue weighted by Gasteiger charge is -2.21. The maximum Gasteiger partial charge on any atom is 0.0999 e. The molecule has 0 bridgehead atoms. The smallest absolute Gasteiger partial charge is 0.0999 e. The summed E-state index contributed by atoms with van der Waals surface area (Å²) in [6, 6.07) is 12.2. The van der Waals surface area contributed by atoms with Crippen molar-refractivity contribution >= 4 is 10.9 Å². The third kappa shape index (κ3) is 1.97. The normalized spacial score (nSPS) is 16.6. The van der Waals surface area contributed by atoms with Gasteiger partial charge in [-0.15, -0.1) is 0 Å². The van der Waals surface area contributed by atoms with Crippen LogP contribution in [0.1, 0.15) is 49.3 Å². The zero-order valence-electron chi connectivity index (χ0n) is 10.4. The first-order valence-corrected chi connectivity index (χ1v) is 6.68. The Bertz CT molecular complexity index is 604. The molecule has 0 unspecified atom stereocenters. The van der Waals surface area contributed by atoms with Gasteiger partial charge in [-0.25, -0.2) is 0 Å². The van der Waals surface area contributed by atoms with Crippen LogP contribution in [0.4, 0.5) is 0 Å². The Hall–Kier alpha value is -1.88. The van der Waals surface area contributed by atoms with Crippen LogP contribution in [0.5, 0.6) is 0 Å². The number of para-hydroxylation sites is 1. The van der Waals surface area contributed by atoms with Crippen LogP contribution in [-0.4, -0.2) is 4.98 Å². The number of fused-ring (bicyclic) bond motifs is 1. The van der Waals surface area contributed by atoms with Gasteiger partial charge in [-0.3, -0.25) is 4.98 Å². The highest BCUT2D eigenvalue weighted by atomic mass is 14.7. The molecule has 1 saturated carbocycles. The number of pyridine rings is 1. The highest BCUT2D eigenvalue weighted by Crippen LogP contribution is 2.33. The number of hydrogen-bond donors (Lipinski definition) is 0. The van der Waals surface area contributed by atoms with Gasteiger partial charge in [-0.2, -0.15) is 5.26 Å². The summed E-state index contributed by atoms with van der Waals surface area (Å²) in [7, 11) is 0. The lowest BCUT2D eigenvalue weighted by molar-refractivity contribution is 0.437. The van der Waals surface area contributed by atoms with Gasteiger partial charge in [0.25, 0.3) is 0 Å². The molecule has 2 aromatic rings. The van der Waals surface area contributed by atoms with E-state index in [-0.39, 0.29) is 0 Å². The third-order valence-electron chi connectivity index (χ3n) is 3.88. The number of nitriles is 1. The van der Waals surface area contributed by atoms with Crippen molar-refractivity contribution in [1.29, 1.82) is 5.26 Å². The summed E-state index contributed by atoms with van der Waals surface area (Å²) in [6.07, 6.45) is 6.36. The van der Waals surface area contributed by atoms with Crippen LogP contribution < -0.4 is 0 Å². The largest absolute Gasteiger partial charge is 0.252 e. The number of benzene rings is 1. The van der Waals surface area contributed by atoms with E-state index in [0.717, 1.165) is 22.2 Å². The lowest BCUT2D eigenvalue weighted by atomic mass is 9.86. The lowest BCUT2D eigenvalue weighted by Crippen LogP contribution is -2.07. The minimum Gasteiger partial charge on any atom is -0.252 e. The molecule has 1 aliphatic rings. The van der Waals surface area contributed by atoms with Gasteiger partial charge >= 0.3 is 0 Å². The Morgan fingerprint density at radius 2 is 1.89 bits per heavy atom. The van der Waals surface area contributed by atoms with Crippen LogP contribution in [0.2, 0.25) is 0 Å². The minimum atomic E-state index is 0.551. The number of rotatable bonds is 1. The summed E-state index contributed by atoms with van der Waals surface area (Å²) in [6.45, 7) is 0. The van der Waals surface area contributed by atoms with Gasteiger partial charge in [0.15, 0.2) is 0 Å². The van der Waals surface area contributed by atoms with Crippen LogP contribution in [0.25, 0.3) is 10.9 Å². The molecular formula is C16H16N2. The first-order valence-electron chi connectivity index (χ1n) is 6.68. The predicted octanol–water partition coefficient (Wildman–Crippen LogP) is 4.15. The molecule has 2 nitrogen and oxygen atoms in total. The van der Waals surface area contributed by atoms with E-state index in [0.29, 0.717) is 5.92 Å². The maximum atomic E-state index is 9.28. The minimum absolute atomic E-state index is 0.551.